The van der Waals surface area contributed by atoms with Crippen LogP contribution in [-0.2, 0) is 6.42 Å². The molecule has 4 heteroatoms. The smallest absolute Gasteiger partial charge is 0.231 e. The average Bonchev–Trinajstić information content (AvgIpc) is 2.76. The highest BCUT2D eigenvalue weighted by Gasteiger charge is 2.12. The third-order valence-electron chi connectivity index (χ3n) is 2.72. The predicted molar refractivity (Wildman–Crippen MR) is 65.8 cm³/mol. The summed E-state index contributed by atoms with van der Waals surface area (Å²) in [6.45, 7) is 4.59. The van der Waals surface area contributed by atoms with Crippen molar-refractivity contribution >= 4 is 0 Å². The molecule has 1 unspecified atom stereocenters. The minimum atomic E-state index is 0.144. The first kappa shape index (κ1) is 11.8. The summed E-state index contributed by atoms with van der Waals surface area (Å²) in [4.78, 5) is 4.35. The van der Waals surface area contributed by atoms with Crippen LogP contribution in [0.2, 0.25) is 0 Å². The summed E-state index contributed by atoms with van der Waals surface area (Å²) < 4.78 is 5.21. The molecule has 4 nitrogen and oxygen atoms in total. The third-order valence-corrected chi connectivity index (χ3v) is 2.72. The lowest BCUT2D eigenvalue weighted by atomic mass is 10.1. The van der Waals surface area contributed by atoms with E-state index in [2.05, 4.69) is 35.3 Å². The lowest BCUT2D eigenvalue weighted by molar-refractivity contribution is 0.376. The maximum Gasteiger partial charge on any atom is 0.231 e. The summed E-state index contributed by atoms with van der Waals surface area (Å²) >= 11 is 0. The van der Waals surface area contributed by atoms with Crippen LogP contribution in [0.4, 0.5) is 0 Å². The molecule has 1 atom stereocenters. The quantitative estimate of drug-likeness (QED) is 0.874. The van der Waals surface area contributed by atoms with Gasteiger partial charge in [-0.05, 0) is 12.5 Å². The van der Waals surface area contributed by atoms with Gasteiger partial charge in [0.15, 0.2) is 5.82 Å². The molecule has 2 N–H and O–H groups in total. The van der Waals surface area contributed by atoms with Crippen molar-refractivity contribution in [1.82, 2.24) is 10.1 Å². The fourth-order valence-electron chi connectivity index (χ4n) is 1.64. The Balaban J connectivity index is 2.11. The highest BCUT2D eigenvalue weighted by atomic mass is 16.5. The Hall–Kier alpha value is -1.68. The highest BCUT2D eigenvalue weighted by molar-refractivity contribution is 5.24. The van der Waals surface area contributed by atoms with Crippen molar-refractivity contribution < 1.29 is 4.52 Å². The van der Waals surface area contributed by atoms with Crippen LogP contribution in [0.5, 0.6) is 0 Å². The standard InChI is InChI=1S/C13H17N3O/c1-9-4-3-5-11(6-9)7-12-15-13(16-17-12)10(2)8-14/h3-6,10H,7-8,14H2,1-2H3. The molecule has 0 aliphatic rings. The van der Waals surface area contributed by atoms with E-state index in [0.29, 0.717) is 24.7 Å². The Morgan fingerprint density at radius 3 is 2.94 bits per heavy atom. The Kier molecular flexibility index (Phi) is 3.54. The van der Waals surface area contributed by atoms with Crippen LogP contribution in [0.15, 0.2) is 28.8 Å². The van der Waals surface area contributed by atoms with Gasteiger partial charge >= 0.3 is 0 Å². The molecule has 1 aromatic carbocycles. The van der Waals surface area contributed by atoms with E-state index in [4.69, 9.17) is 10.3 Å². The first-order valence-electron chi connectivity index (χ1n) is 5.77. The molecule has 0 spiro atoms. The zero-order valence-electron chi connectivity index (χ0n) is 10.2. The zero-order chi connectivity index (χ0) is 12.3. The van der Waals surface area contributed by atoms with E-state index in [1.807, 2.05) is 13.0 Å². The molecule has 2 aromatic rings. The van der Waals surface area contributed by atoms with E-state index in [1.165, 1.54) is 11.1 Å². The van der Waals surface area contributed by atoms with Crippen LogP contribution in [-0.4, -0.2) is 16.7 Å². The summed E-state index contributed by atoms with van der Waals surface area (Å²) in [6.07, 6.45) is 0.673. The largest absolute Gasteiger partial charge is 0.339 e. The zero-order valence-corrected chi connectivity index (χ0v) is 10.2. The van der Waals surface area contributed by atoms with E-state index in [9.17, 15) is 0 Å². The van der Waals surface area contributed by atoms with Crippen LogP contribution in [0.3, 0.4) is 0 Å². The molecule has 17 heavy (non-hydrogen) atoms. The fourth-order valence-corrected chi connectivity index (χ4v) is 1.64. The normalized spacial score (nSPS) is 12.6. The third kappa shape index (κ3) is 2.91. The van der Waals surface area contributed by atoms with Gasteiger partial charge < -0.3 is 10.3 Å². The van der Waals surface area contributed by atoms with E-state index < -0.39 is 0 Å². The second kappa shape index (κ2) is 5.10. The molecule has 0 fully saturated rings. The topological polar surface area (TPSA) is 64.9 Å². The lowest BCUT2D eigenvalue weighted by Crippen LogP contribution is -2.10. The van der Waals surface area contributed by atoms with Gasteiger partial charge in [0.2, 0.25) is 5.89 Å². The Labute approximate surface area is 101 Å². The van der Waals surface area contributed by atoms with E-state index in [1.54, 1.807) is 0 Å². The van der Waals surface area contributed by atoms with E-state index >= 15 is 0 Å². The summed E-state index contributed by atoms with van der Waals surface area (Å²) in [5.41, 5.74) is 7.98. The number of aryl methyl sites for hydroxylation is 1. The number of aromatic nitrogens is 2. The van der Waals surface area contributed by atoms with Crippen LogP contribution in [0, 0.1) is 6.92 Å². The number of benzene rings is 1. The van der Waals surface area contributed by atoms with Gasteiger partial charge in [0.05, 0.1) is 6.42 Å². The van der Waals surface area contributed by atoms with Crippen molar-refractivity contribution in [2.45, 2.75) is 26.2 Å². The Bertz CT molecular complexity index is 493. The second-order valence-corrected chi connectivity index (χ2v) is 4.35. The van der Waals surface area contributed by atoms with Gasteiger partial charge in [-0.2, -0.15) is 4.98 Å². The maximum absolute atomic E-state index is 5.56. The molecule has 2 rings (SSSR count). The SMILES string of the molecule is Cc1cccc(Cc2nc(C(C)CN)no2)c1. The Morgan fingerprint density at radius 1 is 1.41 bits per heavy atom. The van der Waals surface area contributed by atoms with E-state index in [0.717, 1.165) is 0 Å². The van der Waals surface area contributed by atoms with Gasteiger partial charge in [0, 0.05) is 12.5 Å². The molecule has 0 amide bonds. The molecule has 0 saturated carbocycles. The number of rotatable bonds is 4. The monoisotopic (exact) mass is 231 g/mol. The van der Waals surface area contributed by atoms with Crippen molar-refractivity contribution in [2.24, 2.45) is 5.73 Å². The van der Waals surface area contributed by atoms with Crippen molar-refractivity contribution in [3.63, 3.8) is 0 Å². The molecule has 0 radical (unpaired) electrons. The van der Waals surface area contributed by atoms with Gasteiger partial charge in [0.1, 0.15) is 0 Å². The first-order valence-corrected chi connectivity index (χ1v) is 5.77. The molecule has 0 bridgehead atoms. The summed E-state index contributed by atoms with van der Waals surface area (Å²) in [5.74, 6) is 1.48. The maximum atomic E-state index is 5.56. The molecule has 0 aliphatic heterocycles. The number of nitrogens with two attached hydrogens (primary N) is 1. The minimum absolute atomic E-state index is 0.144. The first-order chi connectivity index (χ1) is 8.19. The molecule has 90 valence electrons. The molecular weight excluding hydrogens is 214 g/mol. The highest BCUT2D eigenvalue weighted by Crippen LogP contribution is 2.13. The molecule has 1 heterocycles. The summed E-state index contributed by atoms with van der Waals surface area (Å²) in [7, 11) is 0. The fraction of sp³-hybridized carbons (Fsp3) is 0.385. The van der Waals surface area contributed by atoms with Crippen LogP contribution in [0.25, 0.3) is 0 Å². The molecule has 1 aromatic heterocycles. The number of nitrogens with zero attached hydrogens (tertiary/aromatic N) is 2. The molecular formula is C13H17N3O. The van der Waals surface area contributed by atoms with E-state index in [-0.39, 0.29) is 5.92 Å². The van der Waals surface area contributed by atoms with Crippen LogP contribution < -0.4 is 5.73 Å². The predicted octanol–water partition coefficient (Wildman–Crippen LogP) is 2.03. The molecule has 0 saturated heterocycles. The summed E-state index contributed by atoms with van der Waals surface area (Å²) in [6, 6.07) is 8.28. The van der Waals surface area contributed by atoms with Crippen LogP contribution >= 0.6 is 0 Å². The second-order valence-electron chi connectivity index (χ2n) is 4.35. The van der Waals surface area contributed by atoms with Crippen molar-refractivity contribution in [3.05, 3.63) is 47.1 Å². The number of hydrogen-bond donors (Lipinski definition) is 1. The van der Waals surface area contributed by atoms with Crippen molar-refractivity contribution in [1.29, 1.82) is 0 Å². The van der Waals surface area contributed by atoms with Crippen LogP contribution in [0.1, 0.15) is 35.7 Å². The lowest BCUT2D eigenvalue weighted by Gasteiger charge is -1.99. The van der Waals surface area contributed by atoms with Crippen molar-refractivity contribution in [2.75, 3.05) is 6.54 Å². The minimum Gasteiger partial charge on any atom is -0.339 e. The Morgan fingerprint density at radius 2 is 2.24 bits per heavy atom. The van der Waals surface area contributed by atoms with Crippen molar-refractivity contribution in [3.8, 4) is 0 Å². The number of hydrogen-bond acceptors (Lipinski definition) is 4. The van der Waals surface area contributed by atoms with Gasteiger partial charge in [-0.3, -0.25) is 0 Å². The average molecular weight is 231 g/mol. The summed E-state index contributed by atoms with van der Waals surface area (Å²) in [5, 5.41) is 3.94. The molecule has 0 aliphatic carbocycles. The van der Waals surface area contributed by atoms with Gasteiger partial charge in [0.25, 0.3) is 0 Å². The van der Waals surface area contributed by atoms with Gasteiger partial charge in [-0.15, -0.1) is 0 Å². The van der Waals surface area contributed by atoms with Gasteiger partial charge in [-0.25, -0.2) is 0 Å². The van der Waals surface area contributed by atoms with Gasteiger partial charge in [-0.1, -0.05) is 41.9 Å².